The van der Waals surface area contributed by atoms with Crippen LogP contribution in [0.4, 0.5) is 0 Å². The second-order valence-corrected chi connectivity index (χ2v) is 3.58. The van der Waals surface area contributed by atoms with Gasteiger partial charge >= 0.3 is 0 Å². The van der Waals surface area contributed by atoms with Gasteiger partial charge in [0.15, 0.2) is 0 Å². The predicted octanol–water partition coefficient (Wildman–Crippen LogP) is -0.900. The van der Waals surface area contributed by atoms with E-state index in [1.165, 1.54) is 0 Å². The van der Waals surface area contributed by atoms with Gasteiger partial charge in [-0.2, -0.15) is 0 Å². The van der Waals surface area contributed by atoms with E-state index in [4.69, 9.17) is 0 Å². The third kappa shape index (κ3) is 2.76. The van der Waals surface area contributed by atoms with Gasteiger partial charge in [-0.05, 0) is 0 Å². The van der Waals surface area contributed by atoms with Crippen molar-refractivity contribution < 1.29 is 4.79 Å². The topological polar surface area (TPSA) is 63.1 Å². The number of piperazine rings is 1. The van der Waals surface area contributed by atoms with Crippen molar-refractivity contribution in [3.8, 4) is 0 Å². The van der Waals surface area contributed by atoms with Crippen LogP contribution in [0.5, 0.6) is 0 Å². The van der Waals surface area contributed by atoms with Crippen LogP contribution in [0.3, 0.4) is 0 Å². The van der Waals surface area contributed by atoms with Crippen LogP contribution in [0.15, 0.2) is 12.7 Å². The highest BCUT2D eigenvalue weighted by Crippen LogP contribution is 1.98. The number of nitrogens with one attached hydrogen (secondary N) is 1. The van der Waals surface area contributed by atoms with Crippen molar-refractivity contribution in [2.75, 3.05) is 26.2 Å². The third-order valence-corrected chi connectivity index (χ3v) is 2.52. The minimum absolute atomic E-state index is 0.213. The molecule has 1 aromatic rings. The molecule has 6 nitrogen and oxygen atoms in total. The number of amides is 1. The summed E-state index contributed by atoms with van der Waals surface area (Å²) in [5.74, 6) is 0.213. The Morgan fingerprint density at radius 1 is 1.27 bits per heavy atom. The summed E-state index contributed by atoms with van der Waals surface area (Å²) in [6.45, 7) is 4.11. The van der Waals surface area contributed by atoms with Crippen LogP contribution in [0.1, 0.15) is 6.42 Å². The minimum atomic E-state index is 0.213. The summed E-state index contributed by atoms with van der Waals surface area (Å²) in [6.07, 6.45) is 3.79. The molecule has 1 aliphatic rings. The lowest BCUT2D eigenvalue weighted by Gasteiger charge is -2.27. The van der Waals surface area contributed by atoms with E-state index in [0.717, 1.165) is 26.2 Å². The second kappa shape index (κ2) is 4.88. The van der Waals surface area contributed by atoms with Crippen LogP contribution >= 0.6 is 0 Å². The van der Waals surface area contributed by atoms with E-state index in [-0.39, 0.29) is 5.91 Å². The van der Waals surface area contributed by atoms with Gasteiger partial charge in [0.2, 0.25) is 5.91 Å². The van der Waals surface area contributed by atoms with Crippen LogP contribution in [0.2, 0.25) is 0 Å². The normalized spacial score (nSPS) is 16.7. The first-order valence-corrected chi connectivity index (χ1v) is 5.17. The SMILES string of the molecule is O=C(CCn1cnnc1)N1CCNCC1. The molecule has 1 N–H and O–H groups in total. The van der Waals surface area contributed by atoms with Crippen molar-refractivity contribution in [1.29, 1.82) is 0 Å². The lowest BCUT2D eigenvalue weighted by atomic mass is 10.3. The number of carbonyl (C=O) groups is 1. The molecular formula is C9H15N5O. The van der Waals surface area contributed by atoms with E-state index < -0.39 is 0 Å². The molecule has 0 bridgehead atoms. The smallest absolute Gasteiger partial charge is 0.224 e. The molecule has 82 valence electrons. The number of aryl methyl sites for hydroxylation is 1. The first-order valence-electron chi connectivity index (χ1n) is 5.17. The Labute approximate surface area is 88.3 Å². The molecule has 2 heterocycles. The number of hydrogen-bond acceptors (Lipinski definition) is 4. The first kappa shape index (κ1) is 10.1. The van der Waals surface area contributed by atoms with E-state index in [0.29, 0.717) is 13.0 Å². The molecule has 1 aromatic heterocycles. The van der Waals surface area contributed by atoms with Gasteiger partial charge < -0.3 is 14.8 Å². The Balaban J connectivity index is 1.76. The molecule has 2 rings (SSSR count). The lowest BCUT2D eigenvalue weighted by molar-refractivity contribution is -0.132. The van der Waals surface area contributed by atoms with E-state index in [1.807, 2.05) is 9.47 Å². The molecule has 1 saturated heterocycles. The highest BCUT2D eigenvalue weighted by molar-refractivity contribution is 5.76. The summed E-state index contributed by atoms with van der Waals surface area (Å²) in [7, 11) is 0. The van der Waals surface area contributed by atoms with E-state index >= 15 is 0 Å². The van der Waals surface area contributed by atoms with Gasteiger partial charge in [-0.1, -0.05) is 0 Å². The van der Waals surface area contributed by atoms with Crippen molar-refractivity contribution in [2.45, 2.75) is 13.0 Å². The average molecular weight is 209 g/mol. The van der Waals surface area contributed by atoms with Crippen molar-refractivity contribution in [1.82, 2.24) is 25.0 Å². The van der Waals surface area contributed by atoms with Crippen LogP contribution < -0.4 is 5.32 Å². The number of rotatable bonds is 3. The fourth-order valence-corrected chi connectivity index (χ4v) is 1.63. The van der Waals surface area contributed by atoms with Crippen LogP contribution in [0, 0.1) is 0 Å². The predicted molar refractivity (Wildman–Crippen MR) is 54.1 cm³/mol. The molecule has 0 spiro atoms. The van der Waals surface area contributed by atoms with E-state index in [9.17, 15) is 4.79 Å². The molecule has 0 unspecified atom stereocenters. The Hall–Kier alpha value is -1.43. The van der Waals surface area contributed by atoms with Crippen LogP contribution in [-0.4, -0.2) is 51.8 Å². The average Bonchev–Trinajstić information content (AvgIpc) is 2.80. The maximum atomic E-state index is 11.7. The Morgan fingerprint density at radius 3 is 2.60 bits per heavy atom. The number of carbonyl (C=O) groups excluding carboxylic acids is 1. The maximum Gasteiger partial charge on any atom is 0.224 e. The number of nitrogens with zero attached hydrogens (tertiary/aromatic N) is 4. The van der Waals surface area contributed by atoms with Gasteiger partial charge in [0.25, 0.3) is 0 Å². The van der Waals surface area contributed by atoms with Gasteiger partial charge in [0.05, 0.1) is 0 Å². The monoisotopic (exact) mass is 209 g/mol. The summed E-state index contributed by atoms with van der Waals surface area (Å²) >= 11 is 0. The fraction of sp³-hybridized carbons (Fsp3) is 0.667. The summed E-state index contributed by atoms with van der Waals surface area (Å²) < 4.78 is 1.82. The van der Waals surface area contributed by atoms with Crippen molar-refractivity contribution in [3.63, 3.8) is 0 Å². The molecule has 0 radical (unpaired) electrons. The molecule has 0 aromatic carbocycles. The van der Waals surface area contributed by atoms with Crippen LogP contribution in [0.25, 0.3) is 0 Å². The zero-order chi connectivity index (χ0) is 10.5. The van der Waals surface area contributed by atoms with Gasteiger partial charge in [-0.25, -0.2) is 0 Å². The zero-order valence-electron chi connectivity index (χ0n) is 8.59. The standard InChI is InChI=1S/C9H15N5O/c15-9(14-5-2-10-3-6-14)1-4-13-7-11-12-8-13/h7-8,10H,1-6H2. The molecular weight excluding hydrogens is 194 g/mol. The summed E-state index contributed by atoms with van der Waals surface area (Å²) in [5.41, 5.74) is 0. The highest BCUT2D eigenvalue weighted by Gasteiger charge is 2.15. The highest BCUT2D eigenvalue weighted by atomic mass is 16.2. The molecule has 0 aliphatic carbocycles. The molecule has 0 saturated carbocycles. The Morgan fingerprint density at radius 2 is 1.93 bits per heavy atom. The summed E-state index contributed by atoms with van der Waals surface area (Å²) in [6, 6.07) is 0. The van der Waals surface area contributed by atoms with E-state index in [2.05, 4.69) is 15.5 Å². The fourth-order valence-electron chi connectivity index (χ4n) is 1.63. The molecule has 0 atom stereocenters. The quantitative estimate of drug-likeness (QED) is 0.700. The number of aromatic nitrogens is 3. The van der Waals surface area contributed by atoms with Gasteiger partial charge in [-0.3, -0.25) is 4.79 Å². The Kier molecular flexibility index (Phi) is 3.29. The van der Waals surface area contributed by atoms with Crippen molar-refractivity contribution in [3.05, 3.63) is 12.7 Å². The maximum absolute atomic E-state index is 11.7. The molecule has 6 heteroatoms. The lowest BCUT2D eigenvalue weighted by Crippen LogP contribution is -2.46. The third-order valence-electron chi connectivity index (χ3n) is 2.52. The Bertz CT molecular complexity index is 304. The molecule has 1 aliphatic heterocycles. The molecule has 1 amide bonds. The number of hydrogen-bond donors (Lipinski definition) is 1. The summed E-state index contributed by atoms with van der Waals surface area (Å²) in [4.78, 5) is 13.6. The van der Waals surface area contributed by atoms with Gasteiger partial charge in [0.1, 0.15) is 12.7 Å². The van der Waals surface area contributed by atoms with Crippen molar-refractivity contribution >= 4 is 5.91 Å². The van der Waals surface area contributed by atoms with Gasteiger partial charge in [-0.15, -0.1) is 10.2 Å². The molecule has 15 heavy (non-hydrogen) atoms. The van der Waals surface area contributed by atoms with Crippen molar-refractivity contribution in [2.24, 2.45) is 0 Å². The van der Waals surface area contributed by atoms with E-state index in [1.54, 1.807) is 12.7 Å². The minimum Gasteiger partial charge on any atom is -0.340 e. The second-order valence-electron chi connectivity index (χ2n) is 3.58. The summed E-state index contributed by atoms with van der Waals surface area (Å²) in [5, 5.41) is 10.6. The molecule has 1 fully saturated rings. The largest absolute Gasteiger partial charge is 0.340 e. The van der Waals surface area contributed by atoms with Crippen LogP contribution in [-0.2, 0) is 11.3 Å². The van der Waals surface area contributed by atoms with Gasteiger partial charge in [0, 0.05) is 39.1 Å². The zero-order valence-corrected chi connectivity index (χ0v) is 8.59. The first-order chi connectivity index (χ1) is 7.36.